The van der Waals surface area contributed by atoms with Gasteiger partial charge in [0.1, 0.15) is 5.75 Å². The number of carbonyl (C=O) groups is 1. The summed E-state index contributed by atoms with van der Waals surface area (Å²) in [4.78, 5) is 16.8. The van der Waals surface area contributed by atoms with Crippen molar-refractivity contribution < 1.29 is 18.3 Å². The summed E-state index contributed by atoms with van der Waals surface area (Å²) in [5.41, 5.74) is 3.57. The van der Waals surface area contributed by atoms with E-state index in [4.69, 9.17) is 0 Å². The van der Waals surface area contributed by atoms with E-state index in [9.17, 15) is 13.6 Å². The Bertz CT molecular complexity index is 806. The molecule has 2 aromatic carbocycles. The van der Waals surface area contributed by atoms with Gasteiger partial charge in [0.15, 0.2) is 0 Å². The number of piperazine rings is 1. The molecule has 1 aliphatic rings. The molecule has 0 spiro atoms. The number of amides is 1. The maximum Gasteiger partial charge on any atom is 0.387 e. The minimum Gasteiger partial charge on any atom is -0.435 e. The molecule has 0 saturated carbocycles. The van der Waals surface area contributed by atoms with Gasteiger partial charge in [-0.15, -0.1) is 0 Å². The van der Waals surface area contributed by atoms with E-state index in [-0.39, 0.29) is 11.7 Å². The van der Waals surface area contributed by atoms with E-state index in [1.807, 2.05) is 0 Å². The highest BCUT2D eigenvalue weighted by atomic mass is 19.3. The molecule has 0 radical (unpaired) electrons. The Hall–Kier alpha value is -2.51. The maximum atomic E-state index is 12.2. The number of benzene rings is 2. The molecule has 162 valence electrons. The molecular formula is C23H29F2N3O2. The zero-order valence-electron chi connectivity index (χ0n) is 17.3. The van der Waals surface area contributed by atoms with Crippen LogP contribution in [0.1, 0.15) is 16.7 Å². The van der Waals surface area contributed by atoms with Crippen LogP contribution in [0, 0.1) is 6.92 Å². The molecular weight excluding hydrogens is 388 g/mol. The Labute approximate surface area is 176 Å². The summed E-state index contributed by atoms with van der Waals surface area (Å²) in [6.45, 7) is 4.82. The maximum absolute atomic E-state index is 12.2. The lowest BCUT2D eigenvalue weighted by Crippen LogP contribution is -2.49. The third-order valence-corrected chi connectivity index (χ3v) is 5.21. The number of ether oxygens (including phenoxy) is 1. The van der Waals surface area contributed by atoms with Crippen LogP contribution in [0.2, 0.25) is 0 Å². The quantitative estimate of drug-likeness (QED) is 0.681. The summed E-state index contributed by atoms with van der Waals surface area (Å²) in [5, 5.41) is 2.94. The Morgan fingerprint density at radius 1 is 1.03 bits per heavy atom. The third-order valence-electron chi connectivity index (χ3n) is 5.21. The lowest BCUT2D eigenvalue weighted by atomic mass is 10.1. The molecule has 1 saturated heterocycles. The minimum absolute atomic E-state index is 0.0137. The SMILES string of the molecule is Cc1cccc(CN2CCN(CC(=O)NCCc3ccc(OC(F)F)cc3)CC2)c1. The van der Waals surface area contributed by atoms with Gasteiger partial charge in [0.2, 0.25) is 5.91 Å². The second-order valence-electron chi connectivity index (χ2n) is 7.66. The van der Waals surface area contributed by atoms with Crippen LogP contribution in [0.15, 0.2) is 48.5 Å². The van der Waals surface area contributed by atoms with Crippen molar-refractivity contribution in [3.05, 3.63) is 65.2 Å². The lowest BCUT2D eigenvalue weighted by Gasteiger charge is -2.34. The molecule has 1 aliphatic heterocycles. The van der Waals surface area contributed by atoms with E-state index in [0.29, 0.717) is 19.5 Å². The number of aryl methyl sites for hydroxylation is 1. The fourth-order valence-electron chi connectivity index (χ4n) is 3.62. The second kappa shape index (κ2) is 11.0. The van der Waals surface area contributed by atoms with Gasteiger partial charge < -0.3 is 10.1 Å². The molecule has 0 aromatic heterocycles. The first-order chi connectivity index (χ1) is 14.5. The fourth-order valence-corrected chi connectivity index (χ4v) is 3.62. The van der Waals surface area contributed by atoms with Gasteiger partial charge in [0.25, 0.3) is 0 Å². The van der Waals surface area contributed by atoms with Crippen LogP contribution in [0.5, 0.6) is 5.75 Å². The van der Waals surface area contributed by atoms with Crippen LogP contribution in [0.25, 0.3) is 0 Å². The van der Waals surface area contributed by atoms with Crippen molar-refractivity contribution in [2.45, 2.75) is 26.5 Å². The molecule has 3 rings (SSSR count). The first kappa shape index (κ1) is 22.2. The van der Waals surface area contributed by atoms with E-state index in [1.54, 1.807) is 12.1 Å². The molecule has 1 heterocycles. The van der Waals surface area contributed by atoms with Gasteiger partial charge in [-0.2, -0.15) is 8.78 Å². The number of alkyl halides is 2. The first-order valence-electron chi connectivity index (χ1n) is 10.3. The van der Waals surface area contributed by atoms with Gasteiger partial charge in [-0.3, -0.25) is 14.6 Å². The van der Waals surface area contributed by atoms with Crippen LogP contribution < -0.4 is 10.1 Å². The van der Waals surface area contributed by atoms with Crippen molar-refractivity contribution in [2.75, 3.05) is 39.3 Å². The molecule has 1 N–H and O–H groups in total. The predicted octanol–water partition coefficient (Wildman–Crippen LogP) is 3.07. The van der Waals surface area contributed by atoms with Crippen LogP contribution in [-0.4, -0.2) is 61.6 Å². The number of halogens is 2. The minimum atomic E-state index is -2.82. The number of hydrogen-bond acceptors (Lipinski definition) is 4. The van der Waals surface area contributed by atoms with E-state index < -0.39 is 6.61 Å². The molecule has 0 bridgehead atoms. The Kier molecular flexibility index (Phi) is 8.16. The number of nitrogens with zero attached hydrogens (tertiary/aromatic N) is 2. The summed E-state index contributed by atoms with van der Waals surface area (Å²) < 4.78 is 28.7. The molecule has 1 fully saturated rings. The highest BCUT2D eigenvalue weighted by Gasteiger charge is 2.19. The Morgan fingerprint density at radius 3 is 2.40 bits per heavy atom. The van der Waals surface area contributed by atoms with Crippen LogP contribution >= 0.6 is 0 Å². The van der Waals surface area contributed by atoms with Crippen LogP contribution in [0.4, 0.5) is 8.78 Å². The van der Waals surface area contributed by atoms with E-state index in [2.05, 4.69) is 51.0 Å². The van der Waals surface area contributed by atoms with Gasteiger partial charge in [-0.05, 0) is 36.6 Å². The Balaban J connectivity index is 1.32. The van der Waals surface area contributed by atoms with Crippen molar-refractivity contribution in [2.24, 2.45) is 0 Å². The molecule has 0 atom stereocenters. The standard InChI is InChI=1S/C23H29F2N3O2/c1-18-3-2-4-20(15-18)16-27-11-13-28(14-12-27)17-22(29)26-10-9-19-5-7-21(8-6-19)30-23(24)25/h2-8,15,23H,9-14,16-17H2,1H3,(H,26,29). The summed E-state index contributed by atoms with van der Waals surface area (Å²) in [6, 6.07) is 15.1. The zero-order valence-corrected chi connectivity index (χ0v) is 17.3. The van der Waals surface area contributed by atoms with Crippen LogP contribution in [-0.2, 0) is 17.8 Å². The number of rotatable bonds is 9. The van der Waals surface area contributed by atoms with Gasteiger partial charge in [-0.25, -0.2) is 0 Å². The number of nitrogens with one attached hydrogen (secondary N) is 1. The lowest BCUT2D eigenvalue weighted by molar-refractivity contribution is -0.122. The van der Waals surface area contributed by atoms with E-state index >= 15 is 0 Å². The molecule has 7 heteroatoms. The third kappa shape index (κ3) is 7.39. The highest BCUT2D eigenvalue weighted by Crippen LogP contribution is 2.15. The molecule has 1 amide bonds. The van der Waals surface area contributed by atoms with Crippen molar-refractivity contribution in [3.63, 3.8) is 0 Å². The van der Waals surface area contributed by atoms with E-state index in [1.165, 1.54) is 23.3 Å². The largest absolute Gasteiger partial charge is 0.435 e. The van der Waals surface area contributed by atoms with Gasteiger partial charge >= 0.3 is 6.61 Å². The fraction of sp³-hybridized carbons (Fsp3) is 0.435. The van der Waals surface area contributed by atoms with Crippen molar-refractivity contribution in [3.8, 4) is 5.75 Å². The smallest absolute Gasteiger partial charge is 0.387 e. The average Bonchev–Trinajstić information content (AvgIpc) is 2.70. The topological polar surface area (TPSA) is 44.8 Å². The van der Waals surface area contributed by atoms with Gasteiger partial charge in [0, 0.05) is 39.3 Å². The average molecular weight is 418 g/mol. The molecule has 0 unspecified atom stereocenters. The highest BCUT2D eigenvalue weighted by molar-refractivity contribution is 5.78. The van der Waals surface area contributed by atoms with Crippen LogP contribution in [0.3, 0.4) is 0 Å². The monoisotopic (exact) mass is 417 g/mol. The number of carbonyl (C=O) groups excluding carboxylic acids is 1. The normalized spacial score (nSPS) is 15.3. The summed E-state index contributed by atoms with van der Waals surface area (Å²) in [5.74, 6) is 0.152. The summed E-state index contributed by atoms with van der Waals surface area (Å²) in [7, 11) is 0. The van der Waals surface area contributed by atoms with Crippen molar-refractivity contribution in [1.82, 2.24) is 15.1 Å². The van der Waals surface area contributed by atoms with Crippen molar-refractivity contribution in [1.29, 1.82) is 0 Å². The van der Waals surface area contributed by atoms with E-state index in [0.717, 1.165) is 38.3 Å². The first-order valence-corrected chi connectivity index (χ1v) is 10.3. The number of hydrogen-bond donors (Lipinski definition) is 1. The predicted molar refractivity (Wildman–Crippen MR) is 113 cm³/mol. The zero-order chi connectivity index (χ0) is 21.3. The molecule has 30 heavy (non-hydrogen) atoms. The summed E-state index contributed by atoms with van der Waals surface area (Å²) >= 11 is 0. The molecule has 0 aliphatic carbocycles. The second-order valence-corrected chi connectivity index (χ2v) is 7.66. The molecule has 5 nitrogen and oxygen atoms in total. The van der Waals surface area contributed by atoms with Gasteiger partial charge in [0.05, 0.1) is 6.54 Å². The Morgan fingerprint density at radius 2 is 1.73 bits per heavy atom. The summed E-state index contributed by atoms with van der Waals surface area (Å²) in [6.07, 6.45) is 0.644. The van der Waals surface area contributed by atoms with Gasteiger partial charge in [-0.1, -0.05) is 42.0 Å². The van der Waals surface area contributed by atoms with Crippen molar-refractivity contribution >= 4 is 5.91 Å². The molecule has 2 aromatic rings.